The molecule has 0 unspecified atom stereocenters. The molecule has 2 N–H and O–H groups in total. The van der Waals surface area contributed by atoms with Crippen molar-refractivity contribution in [2.45, 2.75) is 13.3 Å². The summed E-state index contributed by atoms with van der Waals surface area (Å²) >= 11 is 1.71. The van der Waals surface area contributed by atoms with Gasteiger partial charge in [0, 0.05) is 6.54 Å². The second kappa shape index (κ2) is 9.40. The number of ether oxygens (including phenoxy) is 1. The lowest BCUT2D eigenvalue weighted by Crippen LogP contribution is -2.15. The zero-order valence-corrected chi connectivity index (χ0v) is 16.6. The largest absolute Gasteiger partial charge is 0.508 e. The maximum Gasteiger partial charge on any atom is 0.119 e. The molecule has 3 rings (SSSR count). The highest BCUT2D eigenvalue weighted by Crippen LogP contribution is 2.36. The van der Waals surface area contributed by atoms with E-state index in [4.69, 9.17) is 4.74 Å². The Balaban J connectivity index is 2.03. The van der Waals surface area contributed by atoms with Crippen LogP contribution in [0.5, 0.6) is 11.5 Å². The maximum atomic E-state index is 9.69. The van der Waals surface area contributed by atoms with E-state index >= 15 is 0 Å². The summed E-state index contributed by atoms with van der Waals surface area (Å²) in [6.07, 6.45) is 0.924. The molecule has 1 heterocycles. The summed E-state index contributed by atoms with van der Waals surface area (Å²) in [5.74, 6) is 1.15. The highest BCUT2D eigenvalue weighted by atomic mass is 32.1. The molecule has 0 saturated heterocycles. The number of phenols is 1. The minimum Gasteiger partial charge on any atom is -0.508 e. The Morgan fingerprint density at radius 1 is 0.963 bits per heavy atom. The van der Waals surface area contributed by atoms with Gasteiger partial charge in [0.05, 0.1) is 0 Å². The number of likely N-dealkylation sites (N-methyl/N-ethyl adjacent to an activating group) is 1. The Morgan fingerprint density at radius 2 is 1.63 bits per heavy atom. The molecule has 0 amide bonds. The van der Waals surface area contributed by atoms with Crippen LogP contribution in [0, 0.1) is 0 Å². The highest BCUT2D eigenvalue weighted by Gasteiger charge is 2.13. The van der Waals surface area contributed by atoms with E-state index < -0.39 is 0 Å². The van der Waals surface area contributed by atoms with E-state index in [-0.39, 0.29) is 5.75 Å². The number of allylic oxidation sites excluding steroid dienone is 1. The third-order valence-corrected chi connectivity index (χ3v) is 5.13. The van der Waals surface area contributed by atoms with Crippen LogP contribution in [-0.2, 0) is 0 Å². The fraction of sp³-hybridized carbons (Fsp3) is 0.217. The summed E-state index contributed by atoms with van der Waals surface area (Å²) in [4.78, 5) is 0. The SMILES string of the molecule is CC/C(=C(\c1ccc(O)cc1)c1ccc(OCCNC)cc1)c1ccsc1. The number of aromatic hydroxyl groups is 1. The predicted octanol–water partition coefficient (Wildman–Crippen LogP) is 5.42. The highest BCUT2D eigenvalue weighted by molar-refractivity contribution is 7.08. The van der Waals surface area contributed by atoms with E-state index in [1.54, 1.807) is 23.5 Å². The van der Waals surface area contributed by atoms with Crippen LogP contribution < -0.4 is 10.1 Å². The number of hydrogen-bond donors (Lipinski definition) is 2. The molecular weight excluding hydrogens is 354 g/mol. The molecule has 0 saturated carbocycles. The van der Waals surface area contributed by atoms with Gasteiger partial charge in [0.2, 0.25) is 0 Å². The quantitative estimate of drug-likeness (QED) is 0.513. The molecule has 0 atom stereocenters. The van der Waals surface area contributed by atoms with Gasteiger partial charge in [-0.1, -0.05) is 31.2 Å². The molecule has 0 aliphatic heterocycles. The van der Waals surface area contributed by atoms with Crippen molar-refractivity contribution >= 4 is 22.5 Å². The van der Waals surface area contributed by atoms with Crippen molar-refractivity contribution in [1.82, 2.24) is 5.32 Å². The van der Waals surface area contributed by atoms with Crippen molar-refractivity contribution < 1.29 is 9.84 Å². The minimum atomic E-state index is 0.278. The van der Waals surface area contributed by atoms with Gasteiger partial charge in [0.1, 0.15) is 18.1 Å². The average molecular weight is 380 g/mol. The molecule has 1 aromatic heterocycles. The summed E-state index contributed by atoms with van der Waals surface area (Å²) in [5.41, 5.74) is 5.98. The lowest BCUT2D eigenvalue weighted by atomic mass is 9.89. The summed E-state index contributed by atoms with van der Waals surface area (Å²) < 4.78 is 5.75. The maximum absolute atomic E-state index is 9.69. The van der Waals surface area contributed by atoms with Gasteiger partial charge in [0.25, 0.3) is 0 Å². The van der Waals surface area contributed by atoms with Gasteiger partial charge in [-0.25, -0.2) is 0 Å². The monoisotopic (exact) mass is 379 g/mol. The molecular formula is C23H25NO2S. The van der Waals surface area contributed by atoms with Gasteiger partial charge in [-0.2, -0.15) is 11.3 Å². The third-order valence-electron chi connectivity index (χ3n) is 4.44. The number of phenolic OH excluding ortho intramolecular Hbond substituents is 1. The Labute approximate surface area is 165 Å². The molecule has 140 valence electrons. The van der Waals surface area contributed by atoms with Gasteiger partial charge in [-0.15, -0.1) is 0 Å². The molecule has 0 radical (unpaired) electrons. The zero-order valence-electron chi connectivity index (χ0n) is 15.7. The molecule has 27 heavy (non-hydrogen) atoms. The van der Waals surface area contributed by atoms with Crippen molar-refractivity contribution in [2.75, 3.05) is 20.2 Å². The van der Waals surface area contributed by atoms with E-state index in [1.807, 2.05) is 31.3 Å². The topological polar surface area (TPSA) is 41.5 Å². The van der Waals surface area contributed by atoms with Gasteiger partial charge < -0.3 is 15.2 Å². The summed E-state index contributed by atoms with van der Waals surface area (Å²) in [5, 5.41) is 17.1. The first-order valence-corrected chi connectivity index (χ1v) is 10.1. The lowest BCUT2D eigenvalue weighted by molar-refractivity contribution is 0.318. The van der Waals surface area contributed by atoms with Crippen LogP contribution in [0.3, 0.4) is 0 Å². The van der Waals surface area contributed by atoms with Crippen LogP contribution in [0.15, 0.2) is 65.4 Å². The van der Waals surface area contributed by atoms with Crippen LogP contribution in [0.4, 0.5) is 0 Å². The van der Waals surface area contributed by atoms with E-state index in [1.165, 1.54) is 16.7 Å². The van der Waals surface area contributed by atoms with E-state index in [0.29, 0.717) is 6.61 Å². The predicted molar refractivity (Wildman–Crippen MR) is 114 cm³/mol. The molecule has 0 bridgehead atoms. The Hall–Kier alpha value is -2.56. The molecule has 2 aromatic carbocycles. The number of hydrogen-bond acceptors (Lipinski definition) is 4. The van der Waals surface area contributed by atoms with Crippen LogP contribution in [0.25, 0.3) is 11.1 Å². The van der Waals surface area contributed by atoms with Crippen molar-refractivity contribution in [2.24, 2.45) is 0 Å². The van der Waals surface area contributed by atoms with E-state index in [9.17, 15) is 5.11 Å². The van der Waals surface area contributed by atoms with Crippen molar-refractivity contribution in [3.8, 4) is 11.5 Å². The van der Waals surface area contributed by atoms with Gasteiger partial charge in [-0.3, -0.25) is 0 Å². The normalized spacial score (nSPS) is 11.9. The van der Waals surface area contributed by atoms with Crippen molar-refractivity contribution in [3.05, 3.63) is 82.0 Å². The van der Waals surface area contributed by atoms with Gasteiger partial charge in [-0.05, 0) is 82.4 Å². The van der Waals surface area contributed by atoms with E-state index in [0.717, 1.165) is 29.8 Å². The van der Waals surface area contributed by atoms with Crippen molar-refractivity contribution in [3.63, 3.8) is 0 Å². The number of rotatable bonds is 8. The fourth-order valence-corrected chi connectivity index (χ4v) is 3.76. The smallest absolute Gasteiger partial charge is 0.119 e. The number of nitrogens with one attached hydrogen (secondary N) is 1. The fourth-order valence-electron chi connectivity index (χ4n) is 3.09. The Kier molecular flexibility index (Phi) is 6.69. The number of thiophene rings is 1. The molecule has 0 fully saturated rings. The van der Waals surface area contributed by atoms with E-state index in [2.05, 4.69) is 41.2 Å². The minimum absolute atomic E-state index is 0.278. The van der Waals surface area contributed by atoms with Crippen molar-refractivity contribution in [1.29, 1.82) is 0 Å². The molecule has 0 aliphatic carbocycles. The first-order valence-electron chi connectivity index (χ1n) is 9.16. The Bertz CT molecular complexity index is 866. The summed E-state index contributed by atoms with van der Waals surface area (Å²) in [6, 6.07) is 17.9. The van der Waals surface area contributed by atoms with Crippen LogP contribution in [0.1, 0.15) is 30.0 Å². The second-order valence-electron chi connectivity index (χ2n) is 6.24. The van der Waals surface area contributed by atoms with Gasteiger partial charge in [0.15, 0.2) is 0 Å². The van der Waals surface area contributed by atoms with Crippen LogP contribution in [-0.4, -0.2) is 25.3 Å². The number of benzene rings is 2. The standard InChI is InChI=1S/C23H25NO2S/c1-3-22(19-12-15-27-16-19)23(17-4-8-20(25)9-5-17)18-6-10-21(11-7-18)26-14-13-24-2/h4-12,15-16,24-25H,3,13-14H2,1-2H3/b23-22-. The van der Waals surface area contributed by atoms with Crippen LogP contribution >= 0.6 is 11.3 Å². The summed E-state index contributed by atoms with van der Waals surface area (Å²) in [6.45, 7) is 3.65. The lowest BCUT2D eigenvalue weighted by Gasteiger charge is -2.16. The van der Waals surface area contributed by atoms with Gasteiger partial charge >= 0.3 is 0 Å². The first kappa shape index (κ1) is 19.2. The summed E-state index contributed by atoms with van der Waals surface area (Å²) in [7, 11) is 1.91. The molecule has 0 spiro atoms. The average Bonchev–Trinajstić information content (AvgIpc) is 3.22. The third kappa shape index (κ3) is 4.79. The zero-order chi connectivity index (χ0) is 19.1. The Morgan fingerprint density at radius 3 is 2.19 bits per heavy atom. The van der Waals surface area contributed by atoms with Crippen LogP contribution in [0.2, 0.25) is 0 Å². The first-order chi connectivity index (χ1) is 13.2. The second-order valence-corrected chi connectivity index (χ2v) is 7.02. The molecule has 3 aromatic rings. The molecule has 3 nitrogen and oxygen atoms in total. The molecule has 4 heteroatoms. The molecule has 0 aliphatic rings.